The molecule has 6 heteroatoms. The number of aliphatic hydroxyl groups excluding tert-OH is 1. The van der Waals surface area contributed by atoms with Crippen LogP contribution in [0.5, 0.6) is 11.5 Å². The predicted octanol–water partition coefficient (Wildman–Crippen LogP) is 3.33. The van der Waals surface area contributed by atoms with Gasteiger partial charge in [-0.3, -0.25) is 10.1 Å². The second-order valence-electron chi connectivity index (χ2n) is 4.21. The highest BCUT2D eigenvalue weighted by atomic mass is 19.1. The van der Waals surface area contributed by atoms with E-state index in [0.717, 1.165) is 6.07 Å². The number of aliphatic hydroxyl groups is 1. The number of benzene rings is 2. The molecule has 0 radical (unpaired) electrons. The first-order valence-electron chi connectivity index (χ1n) is 5.84. The fraction of sp³-hybridized carbons (Fsp3) is 0.143. The van der Waals surface area contributed by atoms with Gasteiger partial charge in [-0.05, 0) is 30.2 Å². The molecule has 2 rings (SSSR count). The number of ether oxygens (including phenoxy) is 1. The van der Waals surface area contributed by atoms with E-state index < -0.39 is 10.7 Å². The lowest BCUT2D eigenvalue weighted by Gasteiger charge is -2.10. The standard InChI is InChI=1S/C14H12FNO4/c1-9-3-2-4-12(16(18)19)14(9)20-13-6-5-10(8-17)7-11(13)15/h2-7,17H,8H2,1H3. The van der Waals surface area contributed by atoms with Crippen LogP contribution in [0.2, 0.25) is 0 Å². The maximum Gasteiger partial charge on any atom is 0.311 e. The number of halogens is 1. The second kappa shape index (κ2) is 5.66. The van der Waals surface area contributed by atoms with Crippen LogP contribution in [0, 0.1) is 22.9 Å². The monoisotopic (exact) mass is 277 g/mol. The molecule has 2 aromatic carbocycles. The van der Waals surface area contributed by atoms with Crippen LogP contribution in [-0.4, -0.2) is 10.0 Å². The molecule has 0 bridgehead atoms. The molecule has 0 spiro atoms. The van der Waals surface area contributed by atoms with Crippen LogP contribution < -0.4 is 4.74 Å². The molecule has 5 nitrogen and oxygen atoms in total. The number of rotatable bonds is 4. The van der Waals surface area contributed by atoms with Crippen molar-refractivity contribution in [2.45, 2.75) is 13.5 Å². The van der Waals surface area contributed by atoms with E-state index in [1.54, 1.807) is 13.0 Å². The van der Waals surface area contributed by atoms with Crippen molar-refractivity contribution < 1.29 is 19.2 Å². The van der Waals surface area contributed by atoms with Crippen LogP contribution in [-0.2, 0) is 6.61 Å². The Kier molecular flexibility index (Phi) is 3.95. The Morgan fingerprint density at radius 1 is 1.35 bits per heavy atom. The van der Waals surface area contributed by atoms with Crippen LogP contribution in [0.3, 0.4) is 0 Å². The Bertz CT molecular complexity index is 658. The van der Waals surface area contributed by atoms with Crippen molar-refractivity contribution in [1.29, 1.82) is 0 Å². The van der Waals surface area contributed by atoms with Gasteiger partial charge in [0.15, 0.2) is 11.6 Å². The lowest BCUT2D eigenvalue weighted by molar-refractivity contribution is -0.385. The summed E-state index contributed by atoms with van der Waals surface area (Å²) in [6, 6.07) is 8.41. The minimum atomic E-state index is -0.686. The van der Waals surface area contributed by atoms with Crippen molar-refractivity contribution >= 4 is 5.69 Å². The van der Waals surface area contributed by atoms with Crippen LogP contribution in [0.4, 0.5) is 10.1 Å². The molecule has 0 saturated heterocycles. The number of hydrogen-bond acceptors (Lipinski definition) is 4. The first kappa shape index (κ1) is 14.0. The van der Waals surface area contributed by atoms with Crippen molar-refractivity contribution in [2.24, 2.45) is 0 Å². The number of nitrogens with zero attached hydrogens (tertiary/aromatic N) is 1. The van der Waals surface area contributed by atoms with Crippen molar-refractivity contribution in [2.75, 3.05) is 0 Å². The Labute approximate surface area is 114 Å². The molecule has 0 atom stereocenters. The molecule has 104 valence electrons. The maximum absolute atomic E-state index is 13.8. The predicted molar refractivity (Wildman–Crippen MR) is 70.2 cm³/mol. The third kappa shape index (κ3) is 2.75. The van der Waals surface area contributed by atoms with Gasteiger partial charge < -0.3 is 9.84 Å². The van der Waals surface area contributed by atoms with Crippen LogP contribution >= 0.6 is 0 Å². The fourth-order valence-electron chi connectivity index (χ4n) is 1.75. The summed E-state index contributed by atoms with van der Waals surface area (Å²) in [7, 11) is 0. The van der Waals surface area contributed by atoms with Crippen molar-refractivity contribution in [1.82, 2.24) is 0 Å². The summed E-state index contributed by atoms with van der Waals surface area (Å²) in [4.78, 5) is 10.4. The van der Waals surface area contributed by atoms with Gasteiger partial charge in [0, 0.05) is 6.07 Å². The first-order valence-corrected chi connectivity index (χ1v) is 5.84. The zero-order valence-corrected chi connectivity index (χ0v) is 10.7. The normalized spacial score (nSPS) is 10.3. The van der Waals surface area contributed by atoms with E-state index >= 15 is 0 Å². The number of nitro benzene ring substituents is 1. The lowest BCUT2D eigenvalue weighted by atomic mass is 10.2. The average Bonchev–Trinajstić information content (AvgIpc) is 2.42. The van der Waals surface area contributed by atoms with Gasteiger partial charge in [-0.1, -0.05) is 18.2 Å². The van der Waals surface area contributed by atoms with Crippen molar-refractivity contribution in [3.63, 3.8) is 0 Å². The second-order valence-corrected chi connectivity index (χ2v) is 4.21. The van der Waals surface area contributed by atoms with Gasteiger partial charge in [0.1, 0.15) is 0 Å². The number of hydrogen-bond donors (Lipinski definition) is 1. The first-order chi connectivity index (χ1) is 9.52. The summed E-state index contributed by atoms with van der Waals surface area (Å²) < 4.78 is 19.1. The molecule has 0 saturated carbocycles. The highest BCUT2D eigenvalue weighted by molar-refractivity contribution is 5.53. The minimum Gasteiger partial charge on any atom is -0.447 e. The smallest absolute Gasteiger partial charge is 0.311 e. The third-order valence-electron chi connectivity index (χ3n) is 2.78. The molecule has 0 aromatic heterocycles. The van der Waals surface area contributed by atoms with Crippen molar-refractivity contribution in [3.8, 4) is 11.5 Å². The van der Waals surface area contributed by atoms with Crippen molar-refractivity contribution in [3.05, 3.63) is 63.5 Å². The number of nitro groups is 1. The van der Waals surface area contributed by atoms with E-state index in [2.05, 4.69) is 0 Å². The molecule has 1 N–H and O–H groups in total. The summed E-state index contributed by atoms with van der Waals surface area (Å²) >= 11 is 0. The van der Waals surface area contributed by atoms with Crippen LogP contribution in [0.1, 0.15) is 11.1 Å². The fourth-order valence-corrected chi connectivity index (χ4v) is 1.75. The summed E-state index contributed by atoms with van der Waals surface area (Å²) in [5.41, 5.74) is 0.703. The number of para-hydroxylation sites is 1. The van der Waals surface area contributed by atoms with Gasteiger partial charge in [0.2, 0.25) is 5.75 Å². The van der Waals surface area contributed by atoms with Gasteiger partial charge in [-0.15, -0.1) is 0 Å². The van der Waals surface area contributed by atoms with E-state index in [-0.39, 0.29) is 23.8 Å². The van der Waals surface area contributed by atoms with Gasteiger partial charge in [0.05, 0.1) is 11.5 Å². The summed E-state index contributed by atoms with van der Waals surface area (Å²) in [5.74, 6) is -0.804. The quantitative estimate of drug-likeness (QED) is 0.687. The average molecular weight is 277 g/mol. The Hall–Kier alpha value is -2.47. The third-order valence-corrected chi connectivity index (χ3v) is 2.78. The van der Waals surface area contributed by atoms with E-state index in [1.165, 1.54) is 24.3 Å². The van der Waals surface area contributed by atoms with E-state index in [0.29, 0.717) is 11.1 Å². The zero-order valence-electron chi connectivity index (χ0n) is 10.7. The van der Waals surface area contributed by atoms with E-state index in [4.69, 9.17) is 9.84 Å². The molecule has 0 aliphatic rings. The maximum atomic E-state index is 13.8. The zero-order chi connectivity index (χ0) is 14.7. The van der Waals surface area contributed by atoms with Gasteiger partial charge >= 0.3 is 5.69 Å². The molecular formula is C14H12FNO4. The molecule has 2 aromatic rings. The molecule has 20 heavy (non-hydrogen) atoms. The molecule has 0 unspecified atom stereocenters. The highest BCUT2D eigenvalue weighted by Crippen LogP contribution is 2.35. The summed E-state index contributed by atoms with van der Waals surface area (Å²) in [6.45, 7) is 1.35. The van der Waals surface area contributed by atoms with Gasteiger partial charge in [-0.25, -0.2) is 4.39 Å². The summed E-state index contributed by atoms with van der Waals surface area (Å²) in [5, 5.41) is 19.9. The lowest BCUT2D eigenvalue weighted by Crippen LogP contribution is -1.97. The molecular weight excluding hydrogens is 265 g/mol. The molecule has 0 aliphatic carbocycles. The van der Waals surface area contributed by atoms with Gasteiger partial charge in [-0.2, -0.15) is 0 Å². The Morgan fingerprint density at radius 3 is 2.70 bits per heavy atom. The van der Waals surface area contributed by atoms with Crippen LogP contribution in [0.15, 0.2) is 36.4 Å². The largest absolute Gasteiger partial charge is 0.447 e. The highest BCUT2D eigenvalue weighted by Gasteiger charge is 2.19. The Morgan fingerprint density at radius 2 is 2.10 bits per heavy atom. The Balaban J connectivity index is 2.42. The topological polar surface area (TPSA) is 72.6 Å². The van der Waals surface area contributed by atoms with E-state index in [9.17, 15) is 14.5 Å². The van der Waals surface area contributed by atoms with Crippen LogP contribution in [0.25, 0.3) is 0 Å². The molecule has 0 amide bonds. The minimum absolute atomic E-state index is 0.00754. The van der Waals surface area contributed by atoms with Gasteiger partial charge in [0.25, 0.3) is 0 Å². The molecule has 0 fully saturated rings. The summed E-state index contributed by atoms with van der Waals surface area (Å²) in [6.07, 6.45) is 0. The molecule has 0 heterocycles. The molecule has 0 aliphatic heterocycles. The van der Waals surface area contributed by atoms with E-state index in [1.807, 2.05) is 0 Å². The number of aryl methyl sites for hydroxylation is 1. The SMILES string of the molecule is Cc1cccc([N+](=O)[O-])c1Oc1ccc(CO)cc1F.